The van der Waals surface area contributed by atoms with E-state index in [0.29, 0.717) is 12.1 Å². The normalized spacial score (nSPS) is 20.7. The van der Waals surface area contributed by atoms with Crippen molar-refractivity contribution in [2.75, 3.05) is 6.54 Å². The molecule has 154 valence electrons. The summed E-state index contributed by atoms with van der Waals surface area (Å²) in [6.07, 6.45) is -1.60. The summed E-state index contributed by atoms with van der Waals surface area (Å²) >= 11 is 0. The Kier molecular flexibility index (Phi) is 3.62. The number of ether oxygens (including phenoxy) is 1. The van der Waals surface area contributed by atoms with Crippen LogP contribution in [0, 0.1) is 6.57 Å². The Morgan fingerprint density at radius 2 is 2.27 bits per heavy atom. The average Bonchev–Trinajstić information content (AvgIpc) is 3.41. The molecular weight excluding hydrogens is 376 g/mol. The first-order valence-electron chi connectivity index (χ1n) is 13.7. The fraction of sp³-hybridized carbons (Fsp3) is 0.375. The molecule has 1 N–H and O–H groups in total. The highest BCUT2D eigenvalue weighted by atomic mass is 16.5. The van der Waals surface area contributed by atoms with Gasteiger partial charge in [-0.05, 0) is 68.9 Å². The van der Waals surface area contributed by atoms with Gasteiger partial charge >= 0.3 is 0 Å². The zero-order chi connectivity index (χ0) is 28.1. The van der Waals surface area contributed by atoms with Crippen LogP contribution in [-0.2, 0) is 6.42 Å². The van der Waals surface area contributed by atoms with Gasteiger partial charge in [0, 0.05) is 21.3 Å². The number of fused-ring (bicyclic) bond motifs is 1. The summed E-state index contributed by atoms with van der Waals surface area (Å²) < 4.78 is 78.7. The van der Waals surface area contributed by atoms with Crippen LogP contribution in [0.4, 0.5) is 5.69 Å². The number of benzene rings is 2. The van der Waals surface area contributed by atoms with Gasteiger partial charge in [0.2, 0.25) is 11.5 Å². The van der Waals surface area contributed by atoms with Gasteiger partial charge in [0.15, 0.2) is 0 Å². The van der Waals surface area contributed by atoms with Crippen molar-refractivity contribution in [3.63, 3.8) is 0 Å². The van der Waals surface area contributed by atoms with E-state index < -0.39 is 42.7 Å². The first kappa shape index (κ1) is 12.5. The summed E-state index contributed by atoms with van der Waals surface area (Å²) in [4.78, 5) is 7.60. The van der Waals surface area contributed by atoms with Crippen LogP contribution in [-0.4, -0.2) is 22.8 Å². The van der Waals surface area contributed by atoms with Crippen molar-refractivity contribution in [3.05, 3.63) is 58.8 Å². The standard InChI is InChI=1S/C24H26N4O2/c1-5-13-26-20-11-10-17-18(20)7-6-8-19(17)23-27-24(30-28-23)16-9-12-22(29-15(2)3)21(14-16)25-4/h6-9,12,14-15,20,26H,5,10-11,13H2,1-3H3/t20-/m0/s1/i6D,7D,8D,9D,11D2,12D,14D. The van der Waals surface area contributed by atoms with Crippen molar-refractivity contribution in [1.29, 1.82) is 0 Å². The lowest BCUT2D eigenvalue weighted by atomic mass is 10.0. The minimum absolute atomic E-state index is 0.0370. The Balaban J connectivity index is 1.91. The monoisotopic (exact) mass is 410 g/mol. The van der Waals surface area contributed by atoms with E-state index in [9.17, 15) is 0 Å². The smallest absolute Gasteiger partial charge is 0.256 e. The number of hydrogen-bond acceptors (Lipinski definition) is 5. The lowest BCUT2D eigenvalue weighted by Gasteiger charge is -2.13. The lowest BCUT2D eigenvalue weighted by Crippen LogP contribution is -2.19. The molecule has 0 saturated carbocycles. The van der Waals surface area contributed by atoms with Gasteiger partial charge < -0.3 is 14.6 Å². The van der Waals surface area contributed by atoms with Crippen LogP contribution in [0.5, 0.6) is 5.75 Å². The number of rotatable bonds is 7. The van der Waals surface area contributed by atoms with E-state index in [-0.39, 0.29) is 58.3 Å². The molecule has 0 unspecified atom stereocenters. The summed E-state index contributed by atoms with van der Waals surface area (Å²) in [5.74, 6) is -0.683. The Hall–Kier alpha value is -3.17. The van der Waals surface area contributed by atoms with E-state index in [0.717, 1.165) is 6.42 Å². The van der Waals surface area contributed by atoms with Crippen LogP contribution < -0.4 is 10.1 Å². The molecule has 0 bridgehead atoms. The number of aromatic nitrogens is 2. The molecule has 1 aromatic heterocycles. The molecule has 2 aromatic carbocycles. The Morgan fingerprint density at radius 3 is 3.03 bits per heavy atom. The molecule has 30 heavy (non-hydrogen) atoms. The van der Waals surface area contributed by atoms with Crippen LogP contribution in [0.3, 0.4) is 0 Å². The van der Waals surface area contributed by atoms with Crippen LogP contribution >= 0.6 is 0 Å². The zero-order valence-corrected chi connectivity index (χ0v) is 16.9. The molecule has 0 amide bonds. The quantitative estimate of drug-likeness (QED) is 0.504. The maximum Gasteiger partial charge on any atom is 0.256 e. The van der Waals surface area contributed by atoms with E-state index in [1.807, 2.05) is 6.92 Å². The van der Waals surface area contributed by atoms with Crippen molar-refractivity contribution in [2.24, 2.45) is 0 Å². The molecule has 4 rings (SSSR count). The maximum atomic E-state index is 8.56. The van der Waals surface area contributed by atoms with Gasteiger partial charge in [-0.25, -0.2) is 4.85 Å². The fourth-order valence-corrected chi connectivity index (χ4v) is 3.15. The lowest BCUT2D eigenvalue weighted by molar-refractivity contribution is 0.244. The van der Waals surface area contributed by atoms with Gasteiger partial charge in [0.25, 0.3) is 5.89 Å². The van der Waals surface area contributed by atoms with Crippen molar-refractivity contribution in [1.82, 2.24) is 15.5 Å². The van der Waals surface area contributed by atoms with Gasteiger partial charge in [-0.15, -0.1) is 0 Å². The minimum Gasteiger partial charge on any atom is -0.502 e. The van der Waals surface area contributed by atoms with E-state index >= 15 is 0 Å². The van der Waals surface area contributed by atoms with Crippen molar-refractivity contribution >= 4 is 5.69 Å². The summed E-state index contributed by atoms with van der Waals surface area (Å²) in [5, 5.41) is 7.03. The highest BCUT2D eigenvalue weighted by Crippen LogP contribution is 2.38. The number of nitrogens with one attached hydrogen (secondary N) is 1. The SMILES string of the molecule is [2H]c1c([2H])c(-c2noc(-c3c([2H])c([2H])c(OC(C)C)c([N+]#[C-])c3[2H])n2)c2c(c1[2H])[C@@H](NCCC)C([2H])([2H])C2. The topological polar surface area (TPSA) is 64.5 Å². The predicted molar refractivity (Wildman–Crippen MR) is 117 cm³/mol. The third-order valence-electron chi connectivity index (χ3n) is 4.47. The van der Waals surface area contributed by atoms with E-state index in [4.69, 9.17) is 26.8 Å². The molecule has 0 aliphatic heterocycles. The summed E-state index contributed by atoms with van der Waals surface area (Å²) in [5.41, 5.74) is 0.103. The molecule has 1 aliphatic carbocycles. The maximum absolute atomic E-state index is 8.56. The summed E-state index contributed by atoms with van der Waals surface area (Å²) in [7, 11) is 0. The predicted octanol–water partition coefficient (Wildman–Crippen LogP) is 5.73. The molecule has 0 radical (unpaired) electrons. The van der Waals surface area contributed by atoms with E-state index in [2.05, 4.69) is 20.3 Å². The third kappa shape index (κ3) is 3.94. The Morgan fingerprint density at radius 1 is 1.40 bits per heavy atom. The second-order valence-electron chi connectivity index (χ2n) is 7.04. The molecule has 0 spiro atoms. The van der Waals surface area contributed by atoms with E-state index in [1.165, 1.54) is 0 Å². The molecule has 1 heterocycles. The van der Waals surface area contributed by atoms with Gasteiger partial charge in [0.1, 0.15) is 5.75 Å². The van der Waals surface area contributed by atoms with E-state index in [1.54, 1.807) is 13.8 Å². The Bertz CT molecular complexity index is 1470. The molecule has 0 saturated heterocycles. The highest BCUT2D eigenvalue weighted by Gasteiger charge is 2.26. The van der Waals surface area contributed by atoms with Crippen LogP contribution in [0.2, 0.25) is 0 Å². The van der Waals surface area contributed by atoms with Gasteiger partial charge in [-0.3, -0.25) is 0 Å². The first-order valence-corrected chi connectivity index (χ1v) is 9.73. The number of hydrogen-bond donors (Lipinski definition) is 1. The molecule has 3 aromatic rings. The summed E-state index contributed by atoms with van der Waals surface area (Å²) in [6, 6.07) is -3.17. The fourth-order valence-electron chi connectivity index (χ4n) is 3.15. The van der Waals surface area contributed by atoms with Gasteiger partial charge in [-0.2, -0.15) is 4.98 Å². The molecule has 1 aliphatic rings. The van der Waals surface area contributed by atoms with Gasteiger partial charge in [0.05, 0.1) is 19.5 Å². The second-order valence-corrected chi connectivity index (χ2v) is 7.04. The number of nitrogens with zero attached hydrogens (tertiary/aromatic N) is 3. The Labute approximate surface area is 188 Å². The van der Waals surface area contributed by atoms with Crippen molar-refractivity contribution < 1.29 is 20.2 Å². The largest absolute Gasteiger partial charge is 0.502 e. The minimum atomic E-state index is -1.80. The first-order chi connectivity index (χ1) is 17.8. The third-order valence-corrected chi connectivity index (χ3v) is 4.47. The average molecular weight is 411 g/mol. The molecule has 1 atom stereocenters. The van der Waals surface area contributed by atoms with Crippen LogP contribution in [0.15, 0.2) is 40.8 Å². The molecule has 0 fully saturated rings. The van der Waals surface area contributed by atoms with Crippen molar-refractivity contribution in [2.45, 2.75) is 52.1 Å². The van der Waals surface area contributed by atoms with Crippen LogP contribution in [0.25, 0.3) is 27.7 Å². The zero-order valence-electron chi connectivity index (χ0n) is 24.9. The molecular formula is C24H26N4O2. The van der Waals surface area contributed by atoms with Crippen molar-refractivity contribution in [3.8, 4) is 28.6 Å². The molecule has 6 heteroatoms. The highest BCUT2D eigenvalue weighted by molar-refractivity contribution is 5.70. The van der Waals surface area contributed by atoms with Crippen LogP contribution in [0.1, 0.15) is 61.7 Å². The molecule has 6 nitrogen and oxygen atoms in total. The summed E-state index contributed by atoms with van der Waals surface area (Å²) in [6.45, 7) is 13.3. The second kappa shape index (κ2) is 8.68. The van der Waals surface area contributed by atoms with Gasteiger partial charge in [-0.1, -0.05) is 30.2 Å².